The summed E-state index contributed by atoms with van der Waals surface area (Å²) in [4.78, 5) is 37.7. The van der Waals surface area contributed by atoms with Crippen LogP contribution in [0.25, 0.3) is 5.69 Å². The van der Waals surface area contributed by atoms with Gasteiger partial charge >= 0.3 is 5.97 Å². The average molecular weight is 730 g/mol. The number of carbonyl (C=O) groups excluding carboxylic acids is 3. The molecule has 0 radical (unpaired) electrons. The van der Waals surface area contributed by atoms with E-state index in [2.05, 4.69) is 36.8 Å². The molecule has 2 amide bonds. The van der Waals surface area contributed by atoms with Crippen LogP contribution in [0.2, 0.25) is 0 Å². The third-order valence-corrected chi connectivity index (χ3v) is 10.2. The average Bonchev–Trinajstić information content (AvgIpc) is 3.46. The van der Waals surface area contributed by atoms with Gasteiger partial charge in [-0.05, 0) is 79.7 Å². The Morgan fingerprint density at radius 2 is 1.52 bits per heavy atom. The number of sulfonamides is 1. The number of nitrogens with zero attached hydrogens (tertiary/aromatic N) is 4. The molecule has 0 fully saturated rings. The van der Waals surface area contributed by atoms with E-state index in [1.807, 2.05) is 24.3 Å². The van der Waals surface area contributed by atoms with Crippen molar-refractivity contribution < 1.29 is 27.5 Å². The predicted octanol–water partition coefficient (Wildman–Crippen LogP) is 4.90. The molecule has 242 valence electrons. The second-order valence-electron chi connectivity index (χ2n) is 9.64. The van der Waals surface area contributed by atoms with Crippen molar-refractivity contribution >= 4 is 61.2 Å². The van der Waals surface area contributed by atoms with Gasteiger partial charge in [0, 0.05) is 34.5 Å². The van der Waals surface area contributed by atoms with Crippen LogP contribution < -0.4 is 10.6 Å². The second-order valence-corrected chi connectivity index (χ2v) is 13.4. The molecule has 2 N–H and O–H groups in total. The molecule has 46 heavy (non-hydrogen) atoms. The van der Waals surface area contributed by atoms with E-state index in [0.29, 0.717) is 35.3 Å². The molecule has 4 rings (SSSR count). The Labute approximate surface area is 280 Å². The third kappa shape index (κ3) is 8.60. The standard InChI is InChI=1S/C31H33BrN6O6S2/c1-4-37(5-2)46(42,43)26-17-9-21(10-18-26)29(40)33-19-27-35-36-31(38(27)25-15-11-23(32)12-16-25)45-20-28(39)34-24-13-7-22(8-14-24)30(41)44-6-3/h7-18H,4-6,19-20H2,1-3H3,(H,33,40)(H,34,39). The van der Waals surface area contributed by atoms with Crippen molar-refractivity contribution in [3.05, 3.63) is 94.2 Å². The minimum Gasteiger partial charge on any atom is -0.462 e. The topological polar surface area (TPSA) is 153 Å². The van der Waals surface area contributed by atoms with Crippen LogP contribution in [0.3, 0.4) is 0 Å². The summed E-state index contributed by atoms with van der Waals surface area (Å²) in [6, 6.07) is 19.6. The van der Waals surface area contributed by atoms with Crippen molar-refractivity contribution in [3.63, 3.8) is 0 Å². The minimum atomic E-state index is -3.64. The Morgan fingerprint density at radius 1 is 0.891 bits per heavy atom. The smallest absolute Gasteiger partial charge is 0.338 e. The molecular formula is C31H33BrN6O6S2. The highest BCUT2D eigenvalue weighted by molar-refractivity contribution is 9.10. The Kier molecular flexibility index (Phi) is 12.1. The number of anilines is 1. The van der Waals surface area contributed by atoms with E-state index in [0.717, 1.165) is 10.2 Å². The fourth-order valence-corrected chi connectivity index (χ4v) is 6.83. The summed E-state index contributed by atoms with van der Waals surface area (Å²) in [6.07, 6.45) is 0. The summed E-state index contributed by atoms with van der Waals surface area (Å²) in [7, 11) is -3.64. The van der Waals surface area contributed by atoms with Crippen LogP contribution in [-0.2, 0) is 26.1 Å². The van der Waals surface area contributed by atoms with Crippen molar-refractivity contribution in [1.82, 2.24) is 24.4 Å². The molecule has 12 nitrogen and oxygen atoms in total. The van der Waals surface area contributed by atoms with Crippen molar-refractivity contribution in [2.75, 3.05) is 30.8 Å². The van der Waals surface area contributed by atoms with Crippen molar-refractivity contribution in [1.29, 1.82) is 0 Å². The quantitative estimate of drug-likeness (QED) is 0.136. The van der Waals surface area contributed by atoms with Crippen LogP contribution in [0.4, 0.5) is 5.69 Å². The summed E-state index contributed by atoms with van der Waals surface area (Å²) < 4.78 is 34.5. The number of rotatable bonds is 14. The highest BCUT2D eigenvalue weighted by atomic mass is 79.9. The van der Waals surface area contributed by atoms with Gasteiger partial charge in [0.15, 0.2) is 11.0 Å². The van der Waals surface area contributed by atoms with Gasteiger partial charge in [-0.15, -0.1) is 10.2 Å². The van der Waals surface area contributed by atoms with Gasteiger partial charge < -0.3 is 15.4 Å². The number of aromatic nitrogens is 3. The zero-order valence-corrected chi connectivity index (χ0v) is 28.6. The monoisotopic (exact) mass is 728 g/mol. The number of hydrogen-bond donors (Lipinski definition) is 2. The number of esters is 1. The van der Waals surface area contributed by atoms with Gasteiger partial charge in [-0.25, -0.2) is 13.2 Å². The van der Waals surface area contributed by atoms with Crippen molar-refractivity contribution in [2.45, 2.75) is 37.4 Å². The molecule has 0 aliphatic carbocycles. The summed E-state index contributed by atoms with van der Waals surface area (Å²) in [5.41, 5.74) is 1.92. The van der Waals surface area contributed by atoms with Crippen LogP contribution in [0.15, 0.2) is 87.3 Å². The lowest BCUT2D eigenvalue weighted by Crippen LogP contribution is -2.30. The molecule has 0 spiro atoms. The molecular weight excluding hydrogens is 696 g/mol. The predicted molar refractivity (Wildman–Crippen MR) is 179 cm³/mol. The molecule has 0 aliphatic rings. The van der Waals surface area contributed by atoms with Gasteiger partial charge in [-0.1, -0.05) is 41.5 Å². The molecule has 0 saturated heterocycles. The molecule has 0 unspecified atom stereocenters. The molecule has 15 heteroatoms. The van der Waals surface area contributed by atoms with E-state index in [1.165, 1.54) is 40.3 Å². The van der Waals surface area contributed by atoms with Gasteiger partial charge in [0.1, 0.15) is 0 Å². The minimum absolute atomic E-state index is 0.0148. The van der Waals surface area contributed by atoms with Gasteiger partial charge in [-0.3, -0.25) is 14.2 Å². The number of ether oxygens (including phenoxy) is 1. The molecule has 0 atom stereocenters. The van der Waals surface area contributed by atoms with E-state index < -0.39 is 21.9 Å². The summed E-state index contributed by atoms with van der Waals surface area (Å²) in [5.74, 6) is -0.702. The Bertz CT molecular complexity index is 1780. The molecule has 0 saturated carbocycles. The number of carbonyl (C=O) groups is 3. The first-order valence-electron chi connectivity index (χ1n) is 14.4. The van der Waals surface area contributed by atoms with Crippen molar-refractivity contribution in [3.8, 4) is 5.69 Å². The molecule has 3 aromatic carbocycles. The lowest BCUT2D eigenvalue weighted by molar-refractivity contribution is -0.113. The third-order valence-electron chi connectivity index (χ3n) is 6.66. The highest BCUT2D eigenvalue weighted by Crippen LogP contribution is 2.24. The Hall–Kier alpha value is -4.05. The summed E-state index contributed by atoms with van der Waals surface area (Å²) in [6.45, 7) is 6.24. The van der Waals surface area contributed by atoms with Gasteiger partial charge in [0.25, 0.3) is 5.91 Å². The number of nitrogens with one attached hydrogen (secondary N) is 2. The fraction of sp³-hybridized carbons (Fsp3) is 0.258. The fourth-order valence-electron chi connectivity index (χ4n) is 4.34. The van der Waals surface area contributed by atoms with E-state index in [1.54, 1.807) is 49.6 Å². The van der Waals surface area contributed by atoms with Crippen molar-refractivity contribution in [2.24, 2.45) is 0 Å². The van der Waals surface area contributed by atoms with Crippen LogP contribution in [0, 0.1) is 0 Å². The van der Waals surface area contributed by atoms with Crippen LogP contribution >= 0.6 is 27.7 Å². The zero-order chi connectivity index (χ0) is 33.3. The second kappa shape index (κ2) is 16.0. The van der Waals surface area contributed by atoms with E-state index in [4.69, 9.17) is 4.74 Å². The maximum atomic E-state index is 13.0. The lowest BCUT2D eigenvalue weighted by Gasteiger charge is -2.18. The van der Waals surface area contributed by atoms with E-state index in [-0.39, 0.29) is 35.3 Å². The SMILES string of the molecule is CCOC(=O)c1ccc(NC(=O)CSc2nnc(CNC(=O)c3ccc(S(=O)(=O)N(CC)CC)cc3)n2-c2ccc(Br)cc2)cc1. The molecule has 0 aliphatic heterocycles. The zero-order valence-electron chi connectivity index (χ0n) is 25.4. The molecule has 1 heterocycles. The largest absolute Gasteiger partial charge is 0.462 e. The maximum Gasteiger partial charge on any atom is 0.338 e. The highest BCUT2D eigenvalue weighted by Gasteiger charge is 2.22. The van der Waals surface area contributed by atoms with Crippen LogP contribution in [-0.4, -0.2) is 70.7 Å². The summed E-state index contributed by atoms with van der Waals surface area (Å²) in [5, 5.41) is 14.6. The Balaban J connectivity index is 1.45. The Morgan fingerprint density at radius 3 is 2.13 bits per heavy atom. The number of benzene rings is 3. The number of thioether (sulfide) groups is 1. The molecule has 0 bridgehead atoms. The van der Waals surface area contributed by atoms with Crippen LogP contribution in [0.5, 0.6) is 0 Å². The number of hydrogen-bond acceptors (Lipinski definition) is 9. The normalized spacial score (nSPS) is 11.3. The first-order valence-corrected chi connectivity index (χ1v) is 17.6. The number of amides is 2. The van der Waals surface area contributed by atoms with E-state index >= 15 is 0 Å². The molecule has 1 aromatic heterocycles. The van der Waals surface area contributed by atoms with Gasteiger partial charge in [-0.2, -0.15) is 4.31 Å². The summed E-state index contributed by atoms with van der Waals surface area (Å²) >= 11 is 4.60. The first kappa shape index (κ1) is 34.8. The lowest BCUT2D eigenvalue weighted by atomic mass is 10.2. The maximum absolute atomic E-state index is 13.0. The molecule has 4 aromatic rings. The van der Waals surface area contributed by atoms with E-state index in [9.17, 15) is 22.8 Å². The van der Waals surface area contributed by atoms with Crippen LogP contribution in [0.1, 0.15) is 47.3 Å². The number of halogens is 1. The van der Waals surface area contributed by atoms with Gasteiger partial charge in [0.05, 0.1) is 29.4 Å². The van der Waals surface area contributed by atoms with Gasteiger partial charge in [0.2, 0.25) is 15.9 Å². The first-order chi connectivity index (χ1) is 22.1.